The van der Waals surface area contributed by atoms with Crippen LogP contribution in [-0.2, 0) is 12.4 Å². The van der Waals surface area contributed by atoms with Crippen LogP contribution >= 0.6 is 0 Å². The Bertz CT molecular complexity index is 510. The van der Waals surface area contributed by atoms with Crippen LogP contribution in [-0.4, -0.2) is 5.78 Å². The average molecular weight is 282 g/mol. The Balaban J connectivity index is 3.48. The van der Waals surface area contributed by atoms with E-state index in [0.29, 0.717) is 6.07 Å². The zero-order valence-corrected chi connectivity index (χ0v) is 9.56. The van der Waals surface area contributed by atoms with Crippen LogP contribution in [0.15, 0.2) is 30.4 Å². The molecule has 0 radical (unpaired) electrons. The molecule has 0 atom stereocenters. The lowest BCUT2D eigenvalue weighted by molar-refractivity contribution is -0.141. The van der Waals surface area contributed by atoms with E-state index in [1.54, 1.807) is 0 Å². The number of hydrogen-bond acceptors (Lipinski definition) is 1. The number of halogens is 6. The molecule has 1 nitrogen and oxygen atoms in total. The molecule has 0 unspecified atom stereocenters. The molecule has 0 amide bonds. The van der Waals surface area contributed by atoms with E-state index in [9.17, 15) is 31.1 Å². The predicted octanol–water partition coefficient (Wildman–Crippen LogP) is 4.48. The molecule has 1 aromatic carbocycles. The van der Waals surface area contributed by atoms with Gasteiger partial charge in [-0.05, 0) is 31.2 Å². The number of rotatable bonds is 2. The lowest BCUT2D eigenvalue weighted by atomic mass is 9.99. The van der Waals surface area contributed by atoms with Crippen molar-refractivity contribution >= 4 is 5.78 Å². The summed E-state index contributed by atoms with van der Waals surface area (Å²) in [6, 6.07) is 0.778. The molecule has 7 heteroatoms. The molecule has 104 valence electrons. The molecule has 19 heavy (non-hydrogen) atoms. The van der Waals surface area contributed by atoms with Gasteiger partial charge >= 0.3 is 12.4 Å². The van der Waals surface area contributed by atoms with Crippen molar-refractivity contribution in [2.75, 3.05) is 0 Å². The number of benzene rings is 1. The SMILES string of the molecule is C/C=C/C(=O)c1cc(C(F)(F)F)ccc1C(F)(F)F. The van der Waals surface area contributed by atoms with Crippen LogP contribution in [0.5, 0.6) is 0 Å². The highest BCUT2D eigenvalue weighted by atomic mass is 19.4. The maximum atomic E-state index is 12.6. The predicted molar refractivity (Wildman–Crippen MR) is 55.6 cm³/mol. The van der Waals surface area contributed by atoms with Crippen molar-refractivity contribution in [2.24, 2.45) is 0 Å². The Morgan fingerprint density at radius 1 is 1.05 bits per heavy atom. The number of allylic oxidation sites excluding steroid dienone is 2. The van der Waals surface area contributed by atoms with Gasteiger partial charge < -0.3 is 0 Å². The van der Waals surface area contributed by atoms with E-state index in [1.807, 2.05) is 0 Å². The van der Waals surface area contributed by atoms with Crippen LogP contribution in [0.2, 0.25) is 0 Å². The smallest absolute Gasteiger partial charge is 0.289 e. The third-order valence-corrected chi connectivity index (χ3v) is 2.24. The summed E-state index contributed by atoms with van der Waals surface area (Å²) in [4.78, 5) is 11.4. The van der Waals surface area contributed by atoms with Gasteiger partial charge in [0.05, 0.1) is 11.1 Å². The average Bonchev–Trinajstić information content (AvgIpc) is 2.26. The van der Waals surface area contributed by atoms with Crippen molar-refractivity contribution in [3.05, 3.63) is 47.0 Å². The summed E-state index contributed by atoms with van der Waals surface area (Å²) in [5, 5.41) is 0. The number of carbonyl (C=O) groups is 1. The molecule has 0 spiro atoms. The molecule has 1 aromatic rings. The first-order chi connectivity index (χ1) is 8.57. The highest BCUT2D eigenvalue weighted by Crippen LogP contribution is 2.36. The first-order valence-corrected chi connectivity index (χ1v) is 5.03. The van der Waals surface area contributed by atoms with E-state index in [1.165, 1.54) is 6.92 Å². The van der Waals surface area contributed by atoms with E-state index in [2.05, 4.69) is 0 Å². The van der Waals surface area contributed by atoms with Crippen molar-refractivity contribution in [3.63, 3.8) is 0 Å². The fraction of sp³-hybridized carbons (Fsp3) is 0.250. The maximum absolute atomic E-state index is 12.6. The minimum atomic E-state index is -4.89. The van der Waals surface area contributed by atoms with Gasteiger partial charge in [-0.3, -0.25) is 4.79 Å². The molecule has 0 saturated carbocycles. The van der Waals surface area contributed by atoms with Gasteiger partial charge in [-0.2, -0.15) is 26.3 Å². The normalized spacial score (nSPS) is 13.0. The molecule has 0 aromatic heterocycles. The molecule has 0 aliphatic heterocycles. The molecule has 0 N–H and O–H groups in total. The zero-order chi connectivity index (χ0) is 14.8. The first kappa shape index (κ1) is 15.3. The number of ketones is 1. The molecule has 0 saturated heterocycles. The number of alkyl halides is 6. The van der Waals surface area contributed by atoms with E-state index in [0.717, 1.165) is 12.2 Å². The van der Waals surface area contributed by atoms with E-state index >= 15 is 0 Å². The van der Waals surface area contributed by atoms with Gasteiger partial charge in [0.1, 0.15) is 0 Å². The monoisotopic (exact) mass is 282 g/mol. The fourth-order valence-corrected chi connectivity index (χ4v) is 1.41. The van der Waals surface area contributed by atoms with Crippen LogP contribution in [0.3, 0.4) is 0 Å². The van der Waals surface area contributed by atoms with Crippen LogP contribution < -0.4 is 0 Å². The Labute approximate surface area is 104 Å². The molecule has 0 aliphatic carbocycles. The molecular formula is C12H8F6O. The maximum Gasteiger partial charge on any atom is 0.417 e. The Kier molecular flexibility index (Phi) is 4.07. The van der Waals surface area contributed by atoms with Gasteiger partial charge in [0, 0.05) is 5.56 Å². The quantitative estimate of drug-likeness (QED) is 0.444. The Hall–Kier alpha value is -1.79. The largest absolute Gasteiger partial charge is 0.417 e. The zero-order valence-electron chi connectivity index (χ0n) is 9.56. The van der Waals surface area contributed by atoms with Gasteiger partial charge in [0.2, 0.25) is 0 Å². The van der Waals surface area contributed by atoms with Crippen molar-refractivity contribution in [1.82, 2.24) is 0 Å². The lowest BCUT2D eigenvalue weighted by Gasteiger charge is -2.14. The summed E-state index contributed by atoms with van der Waals surface area (Å²) in [7, 11) is 0. The summed E-state index contributed by atoms with van der Waals surface area (Å²) >= 11 is 0. The molecule has 1 rings (SSSR count). The van der Waals surface area contributed by atoms with Gasteiger partial charge in [-0.1, -0.05) is 6.08 Å². The van der Waals surface area contributed by atoms with Crippen LogP contribution in [0.1, 0.15) is 28.4 Å². The summed E-state index contributed by atoms with van der Waals surface area (Å²) in [6.07, 6.45) is -7.76. The molecule has 0 aliphatic rings. The fourth-order valence-electron chi connectivity index (χ4n) is 1.41. The minimum absolute atomic E-state index is 0.213. The molecular weight excluding hydrogens is 274 g/mol. The summed E-state index contributed by atoms with van der Waals surface area (Å²) in [6.45, 7) is 1.37. The van der Waals surface area contributed by atoms with Crippen molar-refractivity contribution in [2.45, 2.75) is 19.3 Å². The van der Waals surface area contributed by atoms with E-state index < -0.39 is 34.8 Å². The van der Waals surface area contributed by atoms with Crippen LogP contribution in [0.4, 0.5) is 26.3 Å². The third kappa shape index (κ3) is 3.59. The highest BCUT2D eigenvalue weighted by Gasteiger charge is 2.38. The molecule has 0 fully saturated rings. The Morgan fingerprint density at radius 2 is 1.63 bits per heavy atom. The van der Waals surface area contributed by atoms with E-state index in [4.69, 9.17) is 0 Å². The summed E-state index contributed by atoms with van der Waals surface area (Å²) in [5.41, 5.74) is -3.70. The summed E-state index contributed by atoms with van der Waals surface area (Å²) in [5.74, 6) is -1.12. The topological polar surface area (TPSA) is 17.1 Å². The van der Waals surface area contributed by atoms with Crippen molar-refractivity contribution in [3.8, 4) is 0 Å². The number of hydrogen-bond donors (Lipinski definition) is 0. The van der Waals surface area contributed by atoms with Gasteiger partial charge in [-0.15, -0.1) is 0 Å². The standard InChI is InChI=1S/C12H8F6O/c1-2-3-10(19)8-6-7(11(13,14)15)4-5-9(8)12(16,17)18/h2-6H,1H3/b3-2+. The van der Waals surface area contributed by atoms with E-state index in [-0.39, 0.29) is 12.1 Å². The van der Waals surface area contributed by atoms with Crippen molar-refractivity contribution < 1.29 is 31.1 Å². The number of carbonyl (C=O) groups excluding carboxylic acids is 1. The van der Waals surface area contributed by atoms with Gasteiger partial charge in [0.25, 0.3) is 0 Å². The van der Waals surface area contributed by atoms with Crippen LogP contribution in [0.25, 0.3) is 0 Å². The third-order valence-electron chi connectivity index (χ3n) is 2.24. The molecule has 0 bridgehead atoms. The second kappa shape index (κ2) is 5.07. The lowest BCUT2D eigenvalue weighted by Crippen LogP contribution is -2.15. The van der Waals surface area contributed by atoms with Gasteiger partial charge in [0.15, 0.2) is 5.78 Å². The van der Waals surface area contributed by atoms with Crippen LogP contribution in [0, 0.1) is 0 Å². The Morgan fingerprint density at radius 3 is 2.05 bits per heavy atom. The van der Waals surface area contributed by atoms with Crippen molar-refractivity contribution in [1.29, 1.82) is 0 Å². The highest BCUT2D eigenvalue weighted by molar-refractivity contribution is 6.05. The minimum Gasteiger partial charge on any atom is -0.289 e. The second-order valence-corrected chi connectivity index (χ2v) is 3.62. The molecule has 0 heterocycles. The first-order valence-electron chi connectivity index (χ1n) is 5.03. The second-order valence-electron chi connectivity index (χ2n) is 3.62. The summed E-state index contributed by atoms with van der Waals surface area (Å²) < 4.78 is 75.2. The van der Waals surface area contributed by atoms with Gasteiger partial charge in [-0.25, -0.2) is 0 Å².